The molecule has 0 aliphatic rings. The molecule has 1 amide bonds. The van der Waals surface area contributed by atoms with Crippen molar-refractivity contribution in [2.75, 3.05) is 11.9 Å². The molecule has 0 unspecified atom stereocenters. The van der Waals surface area contributed by atoms with Gasteiger partial charge >= 0.3 is 0 Å². The van der Waals surface area contributed by atoms with Gasteiger partial charge in [-0.1, -0.05) is 12.1 Å². The van der Waals surface area contributed by atoms with Crippen molar-refractivity contribution >= 4 is 22.9 Å². The molecule has 0 aliphatic carbocycles. The summed E-state index contributed by atoms with van der Waals surface area (Å²) >= 11 is 1.63. The lowest BCUT2D eigenvalue weighted by atomic mass is 10.1. The molecule has 0 spiro atoms. The maximum Gasteiger partial charge on any atom is 0.224 e. The molecule has 2 rings (SSSR count). The van der Waals surface area contributed by atoms with Crippen LogP contribution in [0, 0.1) is 0 Å². The van der Waals surface area contributed by atoms with Crippen molar-refractivity contribution in [3.63, 3.8) is 0 Å². The van der Waals surface area contributed by atoms with Gasteiger partial charge in [-0.15, -0.1) is 11.3 Å². The van der Waals surface area contributed by atoms with Gasteiger partial charge in [0.05, 0.1) is 13.0 Å². The zero-order valence-electron chi connectivity index (χ0n) is 10.8. The maximum absolute atomic E-state index is 11.4. The molecular formula is C14H17N3OS. The topological polar surface area (TPSA) is 54.0 Å². The highest BCUT2D eigenvalue weighted by atomic mass is 32.1. The van der Waals surface area contributed by atoms with Gasteiger partial charge in [-0.2, -0.15) is 0 Å². The van der Waals surface area contributed by atoms with E-state index in [0.717, 1.165) is 22.8 Å². The van der Waals surface area contributed by atoms with Crippen LogP contribution in [0.5, 0.6) is 0 Å². The smallest absolute Gasteiger partial charge is 0.224 e. The van der Waals surface area contributed by atoms with Gasteiger partial charge in [0.15, 0.2) is 0 Å². The fraction of sp³-hybridized carbons (Fsp3) is 0.286. The minimum absolute atomic E-state index is 0.0611. The molecule has 0 fully saturated rings. The van der Waals surface area contributed by atoms with E-state index >= 15 is 0 Å². The number of carbonyl (C=O) groups excluding carboxylic acids is 1. The van der Waals surface area contributed by atoms with E-state index in [1.807, 2.05) is 36.6 Å². The Morgan fingerprint density at radius 2 is 2.11 bits per heavy atom. The average Bonchev–Trinajstić information content (AvgIpc) is 2.91. The van der Waals surface area contributed by atoms with Crippen LogP contribution in [0.15, 0.2) is 35.8 Å². The second-order valence-electron chi connectivity index (χ2n) is 4.11. The van der Waals surface area contributed by atoms with E-state index in [-0.39, 0.29) is 5.91 Å². The van der Waals surface area contributed by atoms with E-state index in [1.54, 1.807) is 17.5 Å². The van der Waals surface area contributed by atoms with Crippen molar-refractivity contribution in [2.45, 2.75) is 19.9 Å². The molecule has 4 nitrogen and oxygen atoms in total. The molecule has 0 atom stereocenters. The van der Waals surface area contributed by atoms with E-state index in [0.29, 0.717) is 13.0 Å². The SMILES string of the molecule is CCNC(=O)Cc1ccc(NCc2nccs2)cc1. The standard InChI is InChI=1S/C14H17N3OS/c1-2-15-13(18)9-11-3-5-12(6-4-11)17-10-14-16-7-8-19-14/h3-8,17H,2,9-10H2,1H3,(H,15,18). The first-order valence-corrected chi connectivity index (χ1v) is 7.13. The van der Waals surface area contributed by atoms with Gasteiger partial charge < -0.3 is 10.6 Å². The highest BCUT2D eigenvalue weighted by molar-refractivity contribution is 7.09. The zero-order valence-corrected chi connectivity index (χ0v) is 11.7. The van der Waals surface area contributed by atoms with Gasteiger partial charge in [0.1, 0.15) is 5.01 Å². The number of nitrogens with zero attached hydrogens (tertiary/aromatic N) is 1. The number of hydrogen-bond donors (Lipinski definition) is 2. The largest absolute Gasteiger partial charge is 0.379 e. The Morgan fingerprint density at radius 3 is 2.74 bits per heavy atom. The number of rotatable bonds is 6. The molecule has 0 saturated heterocycles. The lowest BCUT2D eigenvalue weighted by molar-refractivity contribution is -0.120. The van der Waals surface area contributed by atoms with Crippen LogP contribution >= 0.6 is 11.3 Å². The fourth-order valence-electron chi connectivity index (χ4n) is 1.70. The first-order valence-electron chi connectivity index (χ1n) is 6.26. The predicted octanol–water partition coefficient (Wildman–Crippen LogP) is 2.43. The second-order valence-corrected chi connectivity index (χ2v) is 5.09. The van der Waals surface area contributed by atoms with Gasteiger partial charge in [0, 0.05) is 23.8 Å². The quantitative estimate of drug-likeness (QED) is 0.851. The summed E-state index contributed by atoms with van der Waals surface area (Å²) in [6.45, 7) is 3.32. The molecule has 0 bridgehead atoms. The Bertz CT molecular complexity index is 508. The third-order valence-corrected chi connectivity index (χ3v) is 3.40. The number of hydrogen-bond acceptors (Lipinski definition) is 4. The number of benzene rings is 1. The Hall–Kier alpha value is -1.88. The van der Waals surface area contributed by atoms with E-state index in [9.17, 15) is 4.79 Å². The summed E-state index contributed by atoms with van der Waals surface area (Å²) in [5.74, 6) is 0.0611. The van der Waals surface area contributed by atoms with E-state index < -0.39 is 0 Å². The van der Waals surface area contributed by atoms with Crippen LogP contribution in [0.25, 0.3) is 0 Å². The number of amides is 1. The third kappa shape index (κ3) is 4.37. The van der Waals surface area contributed by atoms with E-state index in [2.05, 4.69) is 15.6 Å². The minimum atomic E-state index is 0.0611. The Labute approximate surface area is 116 Å². The molecule has 1 aromatic heterocycles. The molecular weight excluding hydrogens is 258 g/mol. The van der Waals surface area contributed by atoms with Crippen molar-refractivity contribution in [1.82, 2.24) is 10.3 Å². The molecule has 100 valence electrons. The first kappa shape index (κ1) is 13.5. The van der Waals surface area contributed by atoms with Crippen LogP contribution in [0.1, 0.15) is 17.5 Å². The van der Waals surface area contributed by atoms with E-state index in [1.165, 1.54) is 0 Å². The number of likely N-dealkylation sites (N-methyl/N-ethyl adjacent to an activating group) is 1. The highest BCUT2D eigenvalue weighted by Crippen LogP contribution is 2.12. The molecule has 1 heterocycles. The van der Waals surface area contributed by atoms with Crippen LogP contribution < -0.4 is 10.6 Å². The molecule has 2 aromatic rings. The predicted molar refractivity (Wildman–Crippen MR) is 78.3 cm³/mol. The molecule has 0 aliphatic heterocycles. The van der Waals surface area contributed by atoms with Crippen LogP contribution in [0.2, 0.25) is 0 Å². The van der Waals surface area contributed by atoms with Gasteiger partial charge in [-0.05, 0) is 24.6 Å². The summed E-state index contributed by atoms with van der Waals surface area (Å²) in [5.41, 5.74) is 2.06. The summed E-state index contributed by atoms with van der Waals surface area (Å²) < 4.78 is 0. The van der Waals surface area contributed by atoms with Gasteiger partial charge in [-0.25, -0.2) is 4.98 Å². The van der Waals surface area contributed by atoms with Gasteiger partial charge in [0.2, 0.25) is 5.91 Å². The molecule has 2 N–H and O–H groups in total. The zero-order chi connectivity index (χ0) is 13.5. The minimum Gasteiger partial charge on any atom is -0.379 e. The number of thiazole rings is 1. The summed E-state index contributed by atoms with van der Waals surface area (Å²) in [4.78, 5) is 15.7. The van der Waals surface area contributed by atoms with Crippen molar-refractivity contribution in [3.8, 4) is 0 Å². The molecule has 1 aromatic carbocycles. The van der Waals surface area contributed by atoms with Gasteiger partial charge in [-0.3, -0.25) is 4.79 Å². The van der Waals surface area contributed by atoms with Crippen molar-refractivity contribution in [1.29, 1.82) is 0 Å². The van der Waals surface area contributed by atoms with Crippen LogP contribution in [0.3, 0.4) is 0 Å². The van der Waals surface area contributed by atoms with Crippen molar-refractivity contribution in [3.05, 3.63) is 46.4 Å². The van der Waals surface area contributed by atoms with Crippen LogP contribution in [0.4, 0.5) is 5.69 Å². The van der Waals surface area contributed by atoms with Crippen LogP contribution in [-0.2, 0) is 17.8 Å². The average molecular weight is 275 g/mol. The molecule has 5 heteroatoms. The lowest BCUT2D eigenvalue weighted by Gasteiger charge is -2.06. The van der Waals surface area contributed by atoms with Gasteiger partial charge in [0.25, 0.3) is 0 Å². The molecule has 0 radical (unpaired) electrons. The number of nitrogens with one attached hydrogen (secondary N) is 2. The Morgan fingerprint density at radius 1 is 1.32 bits per heavy atom. The Kier molecular flexibility index (Phi) is 4.92. The normalized spacial score (nSPS) is 10.2. The fourth-order valence-corrected chi connectivity index (χ4v) is 2.26. The molecule has 0 saturated carbocycles. The summed E-state index contributed by atoms with van der Waals surface area (Å²) in [7, 11) is 0. The summed E-state index contributed by atoms with van der Waals surface area (Å²) in [5, 5.41) is 9.12. The van der Waals surface area contributed by atoms with Crippen LogP contribution in [-0.4, -0.2) is 17.4 Å². The van der Waals surface area contributed by atoms with Crippen molar-refractivity contribution < 1.29 is 4.79 Å². The first-order chi connectivity index (χ1) is 9.28. The molecule has 19 heavy (non-hydrogen) atoms. The third-order valence-electron chi connectivity index (χ3n) is 2.62. The monoisotopic (exact) mass is 275 g/mol. The highest BCUT2D eigenvalue weighted by Gasteiger charge is 2.02. The lowest BCUT2D eigenvalue weighted by Crippen LogP contribution is -2.24. The maximum atomic E-state index is 11.4. The number of aromatic nitrogens is 1. The second kappa shape index (κ2) is 6.89. The number of carbonyl (C=O) groups is 1. The number of anilines is 1. The summed E-state index contributed by atoms with van der Waals surface area (Å²) in [6.07, 6.45) is 2.23. The summed E-state index contributed by atoms with van der Waals surface area (Å²) in [6, 6.07) is 7.92. The van der Waals surface area contributed by atoms with Crippen molar-refractivity contribution in [2.24, 2.45) is 0 Å². The Balaban J connectivity index is 1.85. The van der Waals surface area contributed by atoms with E-state index in [4.69, 9.17) is 0 Å².